The fourth-order valence-electron chi connectivity index (χ4n) is 0.658. The second-order valence-corrected chi connectivity index (χ2v) is 2.80. The Kier molecular flexibility index (Phi) is 2.22. The van der Waals surface area contributed by atoms with Gasteiger partial charge in [-0.25, -0.2) is 4.98 Å². The van der Waals surface area contributed by atoms with Crippen molar-refractivity contribution in [1.82, 2.24) is 0 Å². The first-order valence-corrected chi connectivity index (χ1v) is 3.78. The number of pyridine rings is 1. The Bertz CT molecular complexity index is 181. The Hall–Kier alpha value is -0.370. The minimum Gasteiger partial charge on any atom is -0.214 e. The third-order valence-electron chi connectivity index (χ3n) is 1.22. The molecule has 1 aromatic heterocycles. The number of aryl methyl sites for hydroxylation is 1. The Morgan fingerprint density at radius 1 is 1.56 bits per heavy atom. The maximum atomic E-state index is 3.34. The molecule has 48 valence electrons. The van der Waals surface area contributed by atoms with E-state index in [0.29, 0.717) is 0 Å². The first kappa shape index (κ1) is 6.75. The van der Waals surface area contributed by atoms with E-state index < -0.39 is 0 Å². The summed E-state index contributed by atoms with van der Waals surface area (Å²) in [5.74, 6) is 0. The first-order valence-electron chi connectivity index (χ1n) is 2.99. The number of H-pyrrole nitrogens is 1. The molecule has 0 aliphatic heterocycles. The topological polar surface area (TPSA) is 14.1 Å². The van der Waals surface area contributed by atoms with Crippen LogP contribution in [0.1, 0.15) is 12.6 Å². The maximum Gasteiger partial charge on any atom is 0.181 e. The van der Waals surface area contributed by atoms with Crippen LogP contribution in [-0.2, 0) is 6.42 Å². The summed E-state index contributed by atoms with van der Waals surface area (Å²) in [6.07, 6.45) is 3.01. The number of nitrogens with one attached hydrogen (secondary N) is 1. The second-order valence-electron chi connectivity index (χ2n) is 1.89. The number of hydrogen-bond acceptors (Lipinski definition) is 0. The van der Waals surface area contributed by atoms with Gasteiger partial charge in [0.05, 0.1) is 4.47 Å². The minimum absolute atomic E-state index is 1.06. The van der Waals surface area contributed by atoms with E-state index in [9.17, 15) is 0 Å². The van der Waals surface area contributed by atoms with E-state index in [1.54, 1.807) is 0 Å². The molecule has 0 bridgehead atoms. The lowest BCUT2D eigenvalue weighted by Gasteiger charge is -1.85. The van der Waals surface area contributed by atoms with Crippen molar-refractivity contribution in [3.8, 4) is 0 Å². The van der Waals surface area contributed by atoms with Crippen molar-refractivity contribution < 1.29 is 4.98 Å². The molecule has 2 heteroatoms. The van der Waals surface area contributed by atoms with E-state index in [-0.39, 0.29) is 0 Å². The van der Waals surface area contributed by atoms with Gasteiger partial charge >= 0.3 is 0 Å². The van der Waals surface area contributed by atoms with Crippen LogP contribution in [0.15, 0.2) is 22.8 Å². The van der Waals surface area contributed by atoms with Gasteiger partial charge in [0.15, 0.2) is 11.9 Å². The molecule has 0 aliphatic rings. The quantitative estimate of drug-likeness (QED) is 0.636. The highest BCUT2D eigenvalue weighted by atomic mass is 79.9. The molecule has 0 aromatic carbocycles. The largest absolute Gasteiger partial charge is 0.214 e. The molecule has 1 aromatic rings. The molecule has 0 unspecified atom stereocenters. The van der Waals surface area contributed by atoms with Gasteiger partial charge in [0.1, 0.15) is 0 Å². The van der Waals surface area contributed by atoms with Crippen LogP contribution in [0, 0.1) is 0 Å². The van der Waals surface area contributed by atoms with Crippen LogP contribution >= 0.6 is 15.9 Å². The van der Waals surface area contributed by atoms with E-state index in [1.807, 2.05) is 12.3 Å². The summed E-state index contributed by atoms with van der Waals surface area (Å²) in [6, 6.07) is 4.11. The van der Waals surface area contributed by atoms with Gasteiger partial charge in [-0.1, -0.05) is 6.92 Å². The first-order chi connectivity index (χ1) is 4.33. The molecular weight excluding hydrogens is 178 g/mol. The highest BCUT2D eigenvalue weighted by molar-refractivity contribution is 9.10. The molecule has 1 N–H and O–H groups in total. The van der Waals surface area contributed by atoms with Gasteiger partial charge in [0.25, 0.3) is 0 Å². The molecule has 0 saturated carbocycles. The molecule has 0 amide bonds. The zero-order valence-corrected chi connectivity index (χ0v) is 6.90. The maximum absolute atomic E-state index is 3.34. The third kappa shape index (κ3) is 1.79. The molecule has 0 atom stereocenters. The lowest BCUT2D eigenvalue weighted by atomic mass is 10.3. The van der Waals surface area contributed by atoms with Gasteiger partial charge < -0.3 is 0 Å². The number of halogens is 1. The average molecular weight is 187 g/mol. The molecule has 0 radical (unpaired) electrons. The van der Waals surface area contributed by atoms with Crippen LogP contribution in [0.2, 0.25) is 0 Å². The van der Waals surface area contributed by atoms with E-state index in [2.05, 4.69) is 33.9 Å². The Balaban J connectivity index is 2.88. The van der Waals surface area contributed by atoms with Crippen LogP contribution in [-0.4, -0.2) is 0 Å². The fraction of sp³-hybridized carbons (Fsp3) is 0.286. The van der Waals surface area contributed by atoms with E-state index >= 15 is 0 Å². The van der Waals surface area contributed by atoms with Gasteiger partial charge in [-0.3, -0.25) is 0 Å². The van der Waals surface area contributed by atoms with Gasteiger partial charge in [0, 0.05) is 12.5 Å². The van der Waals surface area contributed by atoms with Crippen molar-refractivity contribution in [2.24, 2.45) is 0 Å². The highest BCUT2D eigenvalue weighted by Crippen LogP contribution is 2.04. The summed E-state index contributed by atoms with van der Waals surface area (Å²) < 4.78 is 1.10. The third-order valence-corrected chi connectivity index (χ3v) is 1.71. The fourth-order valence-corrected chi connectivity index (χ4v) is 0.905. The van der Waals surface area contributed by atoms with Crippen LogP contribution in [0.5, 0.6) is 0 Å². The zero-order valence-electron chi connectivity index (χ0n) is 5.32. The number of aromatic nitrogens is 1. The highest BCUT2D eigenvalue weighted by Gasteiger charge is 1.94. The van der Waals surface area contributed by atoms with Crippen LogP contribution in [0.3, 0.4) is 0 Å². The molecule has 1 heterocycles. The van der Waals surface area contributed by atoms with Gasteiger partial charge in [-0.15, -0.1) is 0 Å². The van der Waals surface area contributed by atoms with Crippen LogP contribution in [0.4, 0.5) is 0 Å². The normalized spacial score (nSPS) is 9.56. The van der Waals surface area contributed by atoms with Crippen LogP contribution in [0.25, 0.3) is 0 Å². The smallest absolute Gasteiger partial charge is 0.181 e. The molecule has 9 heavy (non-hydrogen) atoms. The Morgan fingerprint density at radius 2 is 2.33 bits per heavy atom. The minimum atomic E-state index is 1.06. The molecule has 0 aliphatic carbocycles. The van der Waals surface area contributed by atoms with Crippen LogP contribution < -0.4 is 4.98 Å². The molecular formula is C7H9BrN+. The zero-order chi connectivity index (χ0) is 6.69. The van der Waals surface area contributed by atoms with Crippen molar-refractivity contribution in [1.29, 1.82) is 0 Å². The number of aromatic amines is 1. The van der Waals surface area contributed by atoms with E-state index in [0.717, 1.165) is 10.9 Å². The van der Waals surface area contributed by atoms with Crippen molar-refractivity contribution in [2.45, 2.75) is 13.3 Å². The lowest BCUT2D eigenvalue weighted by molar-refractivity contribution is -0.390. The summed E-state index contributed by atoms with van der Waals surface area (Å²) in [6.45, 7) is 2.12. The lowest BCUT2D eigenvalue weighted by Crippen LogP contribution is -2.07. The second kappa shape index (κ2) is 2.97. The summed E-state index contributed by atoms with van der Waals surface area (Å²) in [5.41, 5.74) is 1.26. The average Bonchev–Trinajstić information content (AvgIpc) is 1.90. The van der Waals surface area contributed by atoms with Crippen molar-refractivity contribution in [2.75, 3.05) is 0 Å². The Morgan fingerprint density at radius 3 is 2.78 bits per heavy atom. The van der Waals surface area contributed by atoms with Crippen molar-refractivity contribution in [3.05, 3.63) is 28.5 Å². The van der Waals surface area contributed by atoms with E-state index in [4.69, 9.17) is 0 Å². The monoisotopic (exact) mass is 186 g/mol. The number of hydrogen-bond donors (Lipinski definition) is 0. The standard InChI is InChI=1S/C7H8BrN/c1-2-7-4-3-6(8)5-9-7/h3-5H,2H2,1H3/p+1. The summed E-state index contributed by atoms with van der Waals surface area (Å²) in [5, 5.41) is 0. The molecule has 1 rings (SSSR count). The SMILES string of the molecule is CCc1ccc(Br)c[nH+]1. The van der Waals surface area contributed by atoms with Gasteiger partial charge in [-0.05, 0) is 22.0 Å². The van der Waals surface area contributed by atoms with Crippen molar-refractivity contribution in [3.63, 3.8) is 0 Å². The predicted octanol–water partition coefficient (Wildman–Crippen LogP) is 1.83. The number of rotatable bonds is 1. The van der Waals surface area contributed by atoms with Gasteiger partial charge in [0.2, 0.25) is 0 Å². The molecule has 0 spiro atoms. The molecule has 0 fully saturated rings. The van der Waals surface area contributed by atoms with Gasteiger partial charge in [-0.2, -0.15) is 0 Å². The predicted molar refractivity (Wildman–Crippen MR) is 40.1 cm³/mol. The van der Waals surface area contributed by atoms with Crippen molar-refractivity contribution >= 4 is 15.9 Å². The summed E-state index contributed by atoms with van der Waals surface area (Å²) in [7, 11) is 0. The Labute approximate surface area is 63.2 Å². The van der Waals surface area contributed by atoms with E-state index in [1.165, 1.54) is 5.69 Å². The molecule has 0 saturated heterocycles. The summed E-state index contributed by atoms with van der Waals surface area (Å²) >= 11 is 3.34. The summed E-state index contributed by atoms with van der Waals surface area (Å²) in [4.78, 5) is 3.14. The molecule has 1 nitrogen and oxygen atoms in total.